The summed E-state index contributed by atoms with van der Waals surface area (Å²) in [5.74, 6) is 0. The fraction of sp³-hybridized carbons (Fsp3) is 0.308. The van der Waals surface area contributed by atoms with E-state index in [-0.39, 0.29) is 40.9 Å². The Balaban J connectivity index is 1.55. The molecule has 1 fully saturated rings. The predicted octanol–water partition coefficient (Wildman–Crippen LogP) is 2.56. The van der Waals surface area contributed by atoms with E-state index in [1.54, 1.807) is 36.4 Å². The molecule has 0 unspecified atom stereocenters. The van der Waals surface area contributed by atoms with Gasteiger partial charge in [0.05, 0.1) is 14.7 Å². The Hall–Kier alpha value is -2.61. The first-order valence-electron chi connectivity index (χ1n) is 11.9. The van der Waals surface area contributed by atoms with Gasteiger partial charge in [0.1, 0.15) is 0 Å². The lowest BCUT2D eigenvalue weighted by Gasteiger charge is -2.49. The van der Waals surface area contributed by atoms with Gasteiger partial charge in [0.25, 0.3) is 0 Å². The van der Waals surface area contributed by atoms with E-state index in [0.717, 1.165) is 16.7 Å². The van der Waals surface area contributed by atoms with Crippen molar-refractivity contribution in [3.8, 4) is 0 Å². The van der Waals surface area contributed by atoms with Gasteiger partial charge >= 0.3 is 0 Å². The molecule has 0 atom stereocenters. The van der Waals surface area contributed by atoms with Crippen LogP contribution in [0.5, 0.6) is 0 Å². The van der Waals surface area contributed by atoms with Crippen molar-refractivity contribution >= 4 is 30.1 Å². The molecule has 0 aromatic heterocycles. The molecular formula is C26H31N3O6S3. The third-order valence-corrected chi connectivity index (χ3v) is 11.3. The van der Waals surface area contributed by atoms with Gasteiger partial charge < -0.3 is 0 Å². The summed E-state index contributed by atoms with van der Waals surface area (Å²) < 4.78 is 84.4. The lowest BCUT2D eigenvalue weighted by atomic mass is 9.82. The zero-order valence-corrected chi connectivity index (χ0v) is 23.8. The van der Waals surface area contributed by atoms with Crippen molar-refractivity contribution in [2.45, 2.75) is 35.5 Å². The van der Waals surface area contributed by atoms with Crippen LogP contribution >= 0.6 is 0 Å². The summed E-state index contributed by atoms with van der Waals surface area (Å²) >= 11 is 0. The van der Waals surface area contributed by atoms with Crippen molar-refractivity contribution in [3.05, 3.63) is 89.5 Å². The number of aryl methyl sites for hydroxylation is 3. The smallest absolute Gasteiger partial charge is 0.210 e. The summed E-state index contributed by atoms with van der Waals surface area (Å²) in [5, 5.41) is 0. The summed E-state index contributed by atoms with van der Waals surface area (Å²) in [7, 11) is -11.6. The maximum atomic E-state index is 13.2. The third-order valence-electron chi connectivity index (χ3n) is 6.62. The van der Waals surface area contributed by atoms with Gasteiger partial charge in [0, 0.05) is 31.6 Å². The first-order chi connectivity index (χ1) is 17.7. The molecule has 3 aromatic rings. The third kappa shape index (κ3) is 6.16. The Morgan fingerprint density at radius 1 is 0.579 bits per heavy atom. The lowest BCUT2D eigenvalue weighted by molar-refractivity contribution is 0.0801. The fourth-order valence-electron chi connectivity index (χ4n) is 4.11. The Kier molecular flexibility index (Phi) is 7.86. The highest BCUT2D eigenvalue weighted by molar-refractivity contribution is 7.90. The molecule has 4 rings (SSSR count). The standard InChI is InChI=1S/C26H31N3O6S3/c1-20-4-10-23(11-5-20)36(30,31)27-16-26(17-28-37(32,33)24-12-6-21(2)7-13-24)18-29(19-26)38(34,35)25-14-8-22(3)9-15-25/h4-15,27-28H,16-19H2,1-3H3. The second kappa shape index (κ2) is 10.5. The minimum Gasteiger partial charge on any atom is -0.210 e. The molecule has 3 aromatic carbocycles. The first kappa shape index (κ1) is 28.4. The van der Waals surface area contributed by atoms with E-state index in [9.17, 15) is 25.3 Å². The van der Waals surface area contributed by atoms with Crippen LogP contribution in [0, 0.1) is 26.2 Å². The maximum Gasteiger partial charge on any atom is 0.243 e. The normalized spacial score (nSPS) is 16.2. The molecule has 12 heteroatoms. The number of hydrogen-bond acceptors (Lipinski definition) is 6. The number of benzene rings is 3. The minimum absolute atomic E-state index is 0.0595. The van der Waals surface area contributed by atoms with Crippen LogP contribution in [0.4, 0.5) is 0 Å². The maximum absolute atomic E-state index is 13.2. The van der Waals surface area contributed by atoms with Crippen LogP contribution in [-0.2, 0) is 30.1 Å². The Labute approximate surface area is 225 Å². The van der Waals surface area contributed by atoms with Gasteiger partial charge in [-0.2, -0.15) is 4.31 Å². The molecule has 0 bridgehead atoms. The Morgan fingerprint density at radius 2 is 0.895 bits per heavy atom. The second-order valence-corrected chi connectivity index (χ2v) is 15.3. The molecule has 0 radical (unpaired) electrons. The van der Waals surface area contributed by atoms with Crippen molar-refractivity contribution in [1.82, 2.24) is 13.7 Å². The molecule has 2 N–H and O–H groups in total. The van der Waals surface area contributed by atoms with Gasteiger partial charge in [0.2, 0.25) is 30.1 Å². The minimum atomic E-state index is -3.90. The highest BCUT2D eigenvalue weighted by Gasteiger charge is 2.49. The van der Waals surface area contributed by atoms with Gasteiger partial charge in [-0.15, -0.1) is 0 Å². The average Bonchev–Trinajstić information content (AvgIpc) is 2.84. The molecule has 1 heterocycles. The zero-order valence-electron chi connectivity index (χ0n) is 21.4. The summed E-state index contributed by atoms with van der Waals surface area (Å²) in [5.41, 5.74) is 1.73. The largest absolute Gasteiger partial charge is 0.243 e. The SMILES string of the molecule is Cc1ccc(S(=O)(=O)NCC2(CNS(=O)(=O)c3ccc(C)cc3)CN(S(=O)(=O)c3ccc(C)cc3)C2)cc1. The van der Waals surface area contributed by atoms with Crippen molar-refractivity contribution in [2.75, 3.05) is 26.2 Å². The Bertz CT molecular complexity index is 1520. The van der Waals surface area contributed by atoms with E-state index in [1.165, 1.54) is 40.7 Å². The highest BCUT2D eigenvalue weighted by atomic mass is 32.2. The predicted molar refractivity (Wildman–Crippen MR) is 145 cm³/mol. The van der Waals surface area contributed by atoms with Crippen molar-refractivity contribution in [1.29, 1.82) is 0 Å². The van der Waals surface area contributed by atoms with Crippen LogP contribution in [-0.4, -0.2) is 55.7 Å². The van der Waals surface area contributed by atoms with E-state index >= 15 is 0 Å². The fourth-order valence-corrected chi connectivity index (χ4v) is 8.10. The lowest BCUT2D eigenvalue weighted by Crippen LogP contribution is -2.66. The van der Waals surface area contributed by atoms with Crippen molar-refractivity contribution in [2.24, 2.45) is 5.41 Å². The second-order valence-electron chi connectivity index (χ2n) is 9.86. The molecule has 1 aliphatic heterocycles. The summed E-state index contributed by atoms with van der Waals surface area (Å²) in [6.07, 6.45) is 0. The van der Waals surface area contributed by atoms with E-state index in [1.807, 2.05) is 20.8 Å². The average molecular weight is 578 g/mol. The number of nitrogens with zero attached hydrogens (tertiary/aromatic N) is 1. The van der Waals surface area contributed by atoms with Gasteiger partial charge in [-0.1, -0.05) is 53.1 Å². The molecule has 0 amide bonds. The molecule has 9 nitrogen and oxygen atoms in total. The number of rotatable bonds is 10. The molecule has 0 saturated carbocycles. The van der Waals surface area contributed by atoms with E-state index < -0.39 is 35.5 Å². The molecule has 204 valence electrons. The topological polar surface area (TPSA) is 130 Å². The van der Waals surface area contributed by atoms with E-state index in [4.69, 9.17) is 0 Å². The molecule has 1 aliphatic rings. The van der Waals surface area contributed by atoms with Gasteiger partial charge in [-0.05, 0) is 57.2 Å². The first-order valence-corrected chi connectivity index (χ1v) is 16.3. The van der Waals surface area contributed by atoms with Crippen LogP contribution in [0.3, 0.4) is 0 Å². The molecule has 38 heavy (non-hydrogen) atoms. The molecule has 0 spiro atoms. The summed E-state index contributed by atoms with van der Waals surface area (Å²) in [6, 6.07) is 19.1. The zero-order chi connectivity index (χ0) is 27.8. The monoisotopic (exact) mass is 577 g/mol. The van der Waals surface area contributed by atoms with Crippen LogP contribution < -0.4 is 9.44 Å². The van der Waals surface area contributed by atoms with E-state index in [0.29, 0.717) is 0 Å². The van der Waals surface area contributed by atoms with Crippen LogP contribution in [0.1, 0.15) is 16.7 Å². The number of sulfonamides is 3. The van der Waals surface area contributed by atoms with Crippen LogP contribution in [0.2, 0.25) is 0 Å². The summed E-state index contributed by atoms with van der Waals surface area (Å²) in [4.78, 5) is 0.265. The van der Waals surface area contributed by atoms with Crippen molar-refractivity contribution < 1.29 is 25.3 Å². The Morgan fingerprint density at radius 3 is 1.24 bits per heavy atom. The van der Waals surface area contributed by atoms with Gasteiger partial charge in [-0.25, -0.2) is 34.7 Å². The molecule has 0 aliphatic carbocycles. The molecule has 1 saturated heterocycles. The summed E-state index contributed by atoms with van der Waals surface area (Å²) in [6.45, 7) is 5.11. The quantitative estimate of drug-likeness (QED) is 0.381. The van der Waals surface area contributed by atoms with Gasteiger partial charge in [-0.3, -0.25) is 0 Å². The molecular weight excluding hydrogens is 547 g/mol. The number of hydrogen-bond donors (Lipinski definition) is 2. The van der Waals surface area contributed by atoms with Crippen molar-refractivity contribution in [3.63, 3.8) is 0 Å². The van der Waals surface area contributed by atoms with Gasteiger partial charge in [0.15, 0.2) is 0 Å². The highest BCUT2D eigenvalue weighted by Crippen LogP contribution is 2.35. The van der Waals surface area contributed by atoms with E-state index in [2.05, 4.69) is 9.44 Å². The van der Waals surface area contributed by atoms with Crippen LogP contribution in [0.25, 0.3) is 0 Å². The van der Waals surface area contributed by atoms with Crippen LogP contribution in [0.15, 0.2) is 87.5 Å². The number of nitrogens with one attached hydrogen (secondary N) is 2.